The highest BCUT2D eigenvalue weighted by Crippen LogP contribution is 2.42. The number of benzene rings is 1. The van der Waals surface area contributed by atoms with E-state index in [9.17, 15) is 9.59 Å². The first-order chi connectivity index (χ1) is 15.1. The summed E-state index contributed by atoms with van der Waals surface area (Å²) < 4.78 is 10.6. The van der Waals surface area contributed by atoms with Gasteiger partial charge < -0.3 is 9.47 Å². The van der Waals surface area contributed by atoms with Gasteiger partial charge in [0.05, 0.1) is 18.1 Å². The second-order valence-corrected chi connectivity index (χ2v) is 8.94. The molecule has 2 fully saturated rings. The second-order valence-electron chi connectivity index (χ2n) is 8.94. The van der Waals surface area contributed by atoms with Gasteiger partial charge in [0.25, 0.3) is 0 Å². The summed E-state index contributed by atoms with van der Waals surface area (Å²) in [4.78, 5) is 23.7. The van der Waals surface area contributed by atoms with E-state index in [4.69, 9.17) is 14.7 Å². The zero-order chi connectivity index (χ0) is 22.1. The highest BCUT2D eigenvalue weighted by Gasteiger charge is 2.33. The Labute approximate surface area is 185 Å². The Morgan fingerprint density at radius 3 is 2.32 bits per heavy atom. The maximum Gasteiger partial charge on any atom is 0.330 e. The summed E-state index contributed by atoms with van der Waals surface area (Å²) in [5.41, 5.74) is 0.403. The average molecular weight is 424 g/mol. The average Bonchev–Trinajstić information content (AvgIpc) is 2.82. The third kappa shape index (κ3) is 6.69. The maximum absolute atomic E-state index is 12.6. The molecule has 0 N–H and O–H groups in total. The van der Waals surface area contributed by atoms with Crippen LogP contribution in [0.5, 0.6) is 5.75 Å². The molecule has 0 aromatic heterocycles. The highest BCUT2D eigenvalue weighted by molar-refractivity contribution is 5.81. The number of nitriles is 1. The summed E-state index contributed by atoms with van der Waals surface area (Å²) in [6.07, 6.45) is 12.3. The van der Waals surface area contributed by atoms with Crippen LogP contribution < -0.4 is 4.74 Å². The fraction of sp³-hybridized carbons (Fsp3) is 0.577. The van der Waals surface area contributed by atoms with E-state index in [0.717, 1.165) is 50.4 Å². The molecule has 3 rings (SSSR count). The van der Waals surface area contributed by atoms with Crippen LogP contribution in [0.4, 0.5) is 0 Å². The van der Waals surface area contributed by atoms with E-state index in [1.54, 1.807) is 24.3 Å². The first kappa shape index (κ1) is 23.1. The molecule has 0 bridgehead atoms. The van der Waals surface area contributed by atoms with Crippen LogP contribution in [0.1, 0.15) is 69.8 Å². The smallest absolute Gasteiger partial charge is 0.330 e. The van der Waals surface area contributed by atoms with Crippen LogP contribution in [0.15, 0.2) is 36.9 Å². The first-order valence-corrected chi connectivity index (χ1v) is 11.6. The molecule has 166 valence electrons. The van der Waals surface area contributed by atoms with Gasteiger partial charge in [-0.25, -0.2) is 4.79 Å². The monoisotopic (exact) mass is 423 g/mol. The van der Waals surface area contributed by atoms with Crippen molar-refractivity contribution < 1.29 is 19.1 Å². The van der Waals surface area contributed by atoms with Crippen LogP contribution in [0.3, 0.4) is 0 Å². The van der Waals surface area contributed by atoms with Gasteiger partial charge >= 0.3 is 11.9 Å². The van der Waals surface area contributed by atoms with Gasteiger partial charge in [-0.15, -0.1) is 0 Å². The van der Waals surface area contributed by atoms with E-state index in [0.29, 0.717) is 23.8 Å². The minimum atomic E-state index is -0.336. The topological polar surface area (TPSA) is 76.4 Å². The van der Waals surface area contributed by atoms with Crippen LogP contribution in [0.2, 0.25) is 0 Å². The first-order valence-electron chi connectivity index (χ1n) is 11.6. The molecule has 5 heteroatoms. The van der Waals surface area contributed by atoms with E-state index in [2.05, 4.69) is 12.6 Å². The zero-order valence-corrected chi connectivity index (χ0v) is 18.3. The van der Waals surface area contributed by atoms with Gasteiger partial charge in [-0.1, -0.05) is 31.6 Å². The lowest BCUT2D eigenvalue weighted by Gasteiger charge is -2.37. The molecule has 0 aliphatic heterocycles. The molecule has 31 heavy (non-hydrogen) atoms. The molecule has 2 aliphatic carbocycles. The fourth-order valence-corrected chi connectivity index (χ4v) is 5.22. The number of ether oxygens (including phenoxy) is 2. The lowest BCUT2D eigenvalue weighted by Crippen LogP contribution is -2.30. The maximum atomic E-state index is 12.6. The van der Waals surface area contributed by atoms with Crippen LogP contribution in [0.25, 0.3) is 0 Å². The fourth-order valence-electron chi connectivity index (χ4n) is 5.22. The van der Waals surface area contributed by atoms with Crippen LogP contribution in [-0.4, -0.2) is 18.5 Å². The normalized spacial score (nSPS) is 25.8. The van der Waals surface area contributed by atoms with Gasteiger partial charge in [0.15, 0.2) is 0 Å². The van der Waals surface area contributed by atoms with Crippen molar-refractivity contribution in [3.8, 4) is 11.8 Å². The quantitative estimate of drug-likeness (QED) is 0.236. The molecule has 1 aromatic carbocycles. The summed E-state index contributed by atoms with van der Waals surface area (Å²) in [5.74, 6) is 2.01. The van der Waals surface area contributed by atoms with Crippen molar-refractivity contribution in [3.05, 3.63) is 42.5 Å². The lowest BCUT2D eigenvalue weighted by molar-refractivity contribution is -0.140. The minimum absolute atomic E-state index is 0.0578. The Hall–Kier alpha value is -2.61. The van der Waals surface area contributed by atoms with E-state index < -0.39 is 0 Å². The van der Waals surface area contributed by atoms with Crippen molar-refractivity contribution in [2.75, 3.05) is 6.61 Å². The third-order valence-electron chi connectivity index (χ3n) is 7.05. The summed E-state index contributed by atoms with van der Waals surface area (Å²) in [7, 11) is 0. The van der Waals surface area contributed by atoms with E-state index in [-0.39, 0.29) is 17.9 Å². The molecule has 0 heterocycles. The summed E-state index contributed by atoms with van der Waals surface area (Å²) in [5, 5.41) is 9.17. The van der Waals surface area contributed by atoms with Crippen molar-refractivity contribution in [2.24, 2.45) is 23.7 Å². The molecule has 2 aliphatic rings. The van der Waals surface area contributed by atoms with E-state index in [1.807, 2.05) is 0 Å². The molecular formula is C26H33NO4. The van der Waals surface area contributed by atoms with Crippen molar-refractivity contribution in [2.45, 2.75) is 64.2 Å². The molecule has 0 atom stereocenters. The molecule has 0 spiro atoms. The van der Waals surface area contributed by atoms with Crippen molar-refractivity contribution in [3.63, 3.8) is 0 Å². The summed E-state index contributed by atoms with van der Waals surface area (Å²) in [6.45, 7) is 3.90. The Morgan fingerprint density at radius 2 is 1.68 bits per heavy atom. The van der Waals surface area contributed by atoms with Crippen molar-refractivity contribution in [1.29, 1.82) is 5.26 Å². The van der Waals surface area contributed by atoms with Gasteiger partial charge in [0, 0.05) is 6.08 Å². The summed E-state index contributed by atoms with van der Waals surface area (Å²) >= 11 is 0. The highest BCUT2D eigenvalue weighted by atomic mass is 16.5. The SMILES string of the molecule is C=CC(=O)OCCCC1CCC(C2CCC(C(=O)Oc3ccccc3C#N)CC2)CC1. The Kier molecular flexibility index (Phi) is 8.70. The molecule has 0 radical (unpaired) electrons. The van der Waals surface area contributed by atoms with Gasteiger partial charge in [0.2, 0.25) is 0 Å². The van der Waals surface area contributed by atoms with Crippen molar-refractivity contribution in [1.82, 2.24) is 0 Å². The molecule has 0 unspecified atom stereocenters. The predicted octanol–water partition coefficient (Wildman–Crippen LogP) is 5.59. The van der Waals surface area contributed by atoms with Crippen LogP contribution in [0, 0.1) is 35.0 Å². The van der Waals surface area contributed by atoms with Gasteiger partial charge in [0.1, 0.15) is 11.8 Å². The van der Waals surface area contributed by atoms with Crippen LogP contribution >= 0.6 is 0 Å². The number of esters is 2. The summed E-state index contributed by atoms with van der Waals surface area (Å²) in [6, 6.07) is 8.99. The van der Waals surface area contributed by atoms with Gasteiger partial charge in [-0.05, 0) is 81.3 Å². The third-order valence-corrected chi connectivity index (χ3v) is 7.05. The standard InChI is InChI=1S/C26H33NO4/c1-2-25(28)30-17-5-6-19-9-11-20(12-10-19)21-13-15-22(16-14-21)26(29)31-24-8-4-3-7-23(24)18-27/h2-4,7-8,19-22H,1,5-6,9-17H2. The Bertz CT molecular complexity index is 796. The van der Waals surface area contributed by atoms with E-state index >= 15 is 0 Å². The van der Waals surface area contributed by atoms with Crippen molar-refractivity contribution >= 4 is 11.9 Å². The number of para-hydroxylation sites is 1. The minimum Gasteiger partial charge on any atom is -0.463 e. The number of hydrogen-bond acceptors (Lipinski definition) is 5. The molecule has 0 amide bonds. The number of carbonyl (C=O) groups excluding carboxylic acids is 2. The lowest BCUT2D eigenvalue weighted by atomic mass is 9.69. The Morgan fingerprint density at radius 1 is 1.03 bits per heavy atom. The molecule has 2 saturated carbocycles. The van der Waals surface area contributed by atoms with Crippen LogP contribution in [-0.2, 0) is 14.3 Å². The van der Waals surface area contributed by atoms with E-state index in [1.165, 1.54) is 31.8 Å². The Balaban J connectivity index is 1.36. The molecule has 1 aromatic rings. The number of nitrogens with zero attached hydrogens (tertiary/aromatic N) is 1. The van der Waals surface area contributed by atoms with Gasteiger partial charge in [-0.3, -0.25) is 4.79 Å². The molecular weight excluding hydrogens is 390 g/mol. The second kappa shape index (κ2) is 11.7. The number of rotatable bonds is 8. The largest absolute Gasteiger partial charge is 0.463 e. The molecule has 5 nitrogen and oxygen atoms in total. The number of carbonyl (C=O) groups is 2. The van der Waals surface area contributed by atoms with Gasteiger partial charge in [-0.2, -0.15) is 5.26 Å². The zero-order valence-electron chi connectivity index (χ0n) is 18.3. The predicted molar refractivity (Wildman–Crippen MR) is 118 cm³/mol. The molecule has 0 saturated heterocycles. The number of hydrogen-bond donors (Lipinski definition) is 0.